The fourth-order valence-electron chi connectivity index (χ4n) is 3.09. The van der Waals surface area contributed by atoms with Crippen molar-refractivity contribution in [1.29, 1.82) is 0 Å². The molecule has 1 amide bonds. The van der Waals surface area contributed by atoms with Gasteiger partial charge in [-0.25, -0.2) is 9.18 Å². The molecule has 0 aliphatic carbocycles. The minimum absolute atomic E-state index is 0.224. The molecule has 0 saturated carbocycles. The van der Waals surface area contributed by atoms with Crippen LogP contribution in [0.4, 0.5) is 9.18 Å². The molecule has 1 heterocycles. The summed E-state index contributed by atoms with van der Waals surface area (Å²) in [5.74, 6) is 0.0289. The number of hydrogen-bond donors (Lipinski definition) is 2. The smallest absolute Gasteiger partial charge is 0.407 e. The van der Waals surface area contributed by atoms with Crippen LogP contribution in [0.25, 0.3) is 0 Å². The Morgan fingerprint density at radius 3 is 2.62 bits per heavy atom. The molecule has 134 valence electrons. The summed E-state index contributed by atoms with van der Waals surface area (Å²) >= 11 is 0. The van der Waals surface area contributed by atoms with E-state index in [0.717, 1.165) is 24.9 Å². The van der Waals surface area contributed by atoms with Crippen LogP contribution >= 0.6 is 0 Å². The zero-order chi connectivity index (χ0) is 17.6. The average Bonchev–Trinajstić information content (AvgIpc) is 2.52. The number of carbonyl (C=O) groups excluding carboxylic acids is 1. The van der Waals surface area contributed by atoms with Gasteiger partial charge in [-0.1, -0.05) is 18.6 Å². The standard InChI is InChI=1S/C19H29FN2O2/c1-19(2,3)24-18(23)22-13-15(17-6-4-5-11-21-17)12-14-7-9-16(20)10-8-14/h7-10,15,17,21H,4-6,11-13H2,1-3H3,(H,22,23)/t15-,17+/m0/s1. The van der Waals surface area contributed by atoms with Gasteiger partial charge in [0, 0.05) is 12.6 Å². The highest BCUT2D eigenvalue weighted by molar-refractivity contribution is 5.67. The van der Waals surface area contributed by atoms with Crippen molar-refractivity contribution in [3.63, 3.8) is 0 Å². The second-order valence-electron chi connectivity index (χ2n) is 7.53. The van der Waals surface area contributed by atoms with Crippen molar-refractivity contribution >= 4 is 6.09 Å². The second-order valence-corrected chi connectivity index (χ2v) is 7.53. The normalized spacial score (nSPS) is 19.6. The van der Waals surface area contributed by atoms with E-state index in [0.29, 0.717) is 12.6 Å². The van der Waals surface area contributed by atoms with Crippen LogP contribution in [0.5, 0.6) is 0 Å². The molecule has 0 aromatic heterocycles. The molecule has 0 bridgehead atoms. The van der Waals surface area contributed by atoms with Gasteiger partial charge in [-0.15, -0.1) is 0 Å². The number of carbonyl (C=O) groups is 1. The van der Waals surface area contributed by atoms with Crippen LogP contribution in [0.1, 0.15) is 45.6 Å². The molecule has 0 unspecified atom stereocenters. The lowest BCUT2D eigenvalue weighted by Crippen LogP contribution is -2.46. The summed E-state index contributed by atoms with van der Waals surface area (Å²) in [6, 6.07) is 6.97. The van der Waals surface area contributed by atoms with Crippen LogP contribution in [-0.4, -0.2) is 30.8 Å². The molecule has 0 spiro atoms. The molecule has 2 rings (SSSR count). The molecular weight excluding hydrogens is 307 g/mol. The van der Waals surface area contributed by atoms with Gasteiger partial charge in [0.2, 0.25) is 0 Å². The molecule has 1 saturated heterocycles. The topological polar surface area (TPSA) is 50.4 Å². The molecule has 1 aliphatic heterocycles. The summed E-state index contributed by atoms with van der Waals surface area (Å²) in [6.07, 6.45) is 3.90. The number of ether oxygens (including phenoxy) is 1. The molecule has 1 aliphatic rings. The zero-order valence-electron chi connectivity index (χ0n) is 14.9. The van der Waals surface area contributed by atoms with Crippen LogP contribution in [-0.2, 0) is 11.2 Å². The lowest BCUT2D eigenvalue weighted by Gasteiger charge is -2.32. The quantitative estimate of drug-likeness (QED) is 0.863. The maximum Gasteiger partial charge on any atom is 0.407 e. The van der Waals surface area contributed by atoms with Crippen LogP contribution in [0.3, 0.4) is 0 Å². The Morgan fingerprint density at radius 1 is 1.33 bits per heavy atom. The van der Waals surface area contributed by atoms with Gasteiger partial charge < -0.3 is 15.4 Å². The van der Waals surface area contributed by atoms with Gasteiger partial charge in [-0.3, -0.25) is 0 Å². The van der Waals surface area contributed by atoms with Crippen LogP contribution in [0.15, 0.2) is 24.3 Å². The Bertz CT molecular complexity index is 519. The molecular formula is C19H29FN2O2. The minimum atomic E-state index is -0.500. The van der Waals surface area contributed by atoms with Gasteiger partial charge in [-0.05, 0) is 70.2 Å². The number of halogens is 1. The molecule has 1 aromatic carbocycles. The third-order valence-corrected chi connectivity index (χ3v) is 4.24. The highest BCUT2D eigenvalue weighted by atomic mass is 19.1. The number of alkyl carbamates (subject to hydrolysis) is 1. The molecule has 1 aromatic rings. The van der Waals surface area contributed by atoms with Crippen molar-refractivity contribution in [2.24, 2.45) is 5.92 Å². The van der Waals surface area contributed by atoms with Gasteiger partial charge in [0.1, 0.15) is 11.4 Å². The zero-order valence-corrected chi connectivity index (χ0v) is 14.9. The maximum absolute atomic E-state index is 13.1. The van der Waals surface area contributed by atoms with Gasteiger partial charge in [0.05, 0.1) is 0 Å². The van der Waals surface area contributed by atoms with E-state index in [1.54, 1.807) is 0 Å². The van der Waals surface area contributed by atoms with Crippen LogP contribution in [0, 0.1) is 11.7 Å². The third-order valence-electron chi connectivity index (χ3n) is 4.24. The minimum Gasteiger partial charge on any atom is -0.444 e. The fraction of sp³-hybridized carbons (Fsp3) is 0.632. The van der Waals surface area contributed by atoms with E-state index < -0.39 is 5.60 Å². The lowest BCUT2D eigenvalue weighted by molar-refractivity contribution is 0.0514. The van der Waals surface area contributed by atoms with Gasteiger partial charge in [0.25, 0.3) is 0 Å². The Labute approximate surface area is 144 Å². The third kappa shape index (κ3) is 6.48. The van der Waals surface area contributed by atoms with Crippen molar-refractivity contribution < 1.29 is 13.9 Å². The van der Waals surface area contributed by atoms with E-state index in [1.807, 2.05) is 32.9 Å². The first kappa shape index (κ1) is 18.7. The first-order chi connectivity index (χ1) is 11.3. The molecule has 5 heteroatoms. The molecule has 24 heavy (non-hydrogen) atoms. The fourth-order valence-corrected chi connectivity index (χ4v) is 3.09. The van der Waals surface area contributed by atoms with Crippen molar-refractivity contribution in [2.75, 3.05) is 13.1 Å². The van der Waals surface area contributed by atoms with Crippen LogP contribution in [0.2, 0.25) is 0 Å². The highest BCUT2D eigenvalue weighted by Gasteiger charge is 2.25. The monoisotopic (exact) mass is 336 g/mol. The predicted octanol–water partition coefficient (Wildman–Crippen LogP) is 3.65. The van der Waals surface area contributed by atoms with Gasteiger partial charge in [-0.2, -0.15) is 0 Å². The summed E-state index contributed by atoms with van der Waals surface area (Å²) in [5, 5.41) is 6.45. The number of hydrogen-bond acceptors (Lipinski definition) is 3. The largest absolute Gasteiger partial charge is 0.444 e. The summed E-state index contributed by atoms with van der Waals surface area (Å²) in [4.78, 5) is 11.9. The number of rotatable bonds is 5. The van der Waals surface area contributed by atoms with Crippen molar-refractivity contribution in [2.45, 2.75) is 58.1 Å². The molecule has 0 radical (unpaired) electrons. The van der Waals surface area contributed by atoms with E-state index in [1.165, 1.54) is 25.0 Å². The van der Waals surface area contributed by atoms with Crippen molar-refractivity contribution in [3.8, 4) is 0 Å². The average molecular weight is 336 g/mol. The van der Waals surface area contributed by atoms with E-state index in [2.05, 4.69) is 10.6 Å². The van der Waals surface area contributed by atoms with Crippen molar-refractivity contribution in [1.82, 2.24) is 10.6 Å². The molecule has 4 nitrogen and oxygen atoms in total. The number of nitrogens with one attached hydrogen (secondary N) is 2. The van der Waals surface area contributed by atoms with Crippen molar-refractivity contribution in [3.05, 3.63) is 35.6 Å². The number of piperidine rings is 1. The first-order valence-electron chi connectivity index (χ1n) is 8.78. The Morgan fingerprint density at radius 2 is 2.04 bits per heavy atom. The SMILES string of the molecule is CC(C)(C)OC(=O)NC[C@H](Cc1ccc(F)cc1)[C@H]1CCCCN1. The first-order valence-corrected chi connectivity index (χ1v) is 8.78. The molecule has 2 atom stereocenters. The summed E-state index contributed by atoms with van der Waals surface area (Å²) in [7, 11) is 0. The predicted molar refractivity (Wildman–Crippen MR) is 93.5 cm³/mol. The second kappa shape index (κ2) is 8.47. The van der Waals surface area contributed by atoms with Gasteiger partial charge in [0.15, 0.2) is 0 Å². The Kier molecular flexibility index (Phi) is 6.60. The Balaban J connectivity index is 1.97. The van der Waals surface area contributed by atoms with E-state index in [9.17, 15) is 9.18 Å². The van der Waals surface area contributed by atoms with Crippen LogP contribution < -0.4 is 10.6 Å². The Hall–Kier alpha value is -1.62. The highest BCUT2D eigenvalue weighted by Crippen LogP contribution is 2.20. The number of amides is 1. The molecule has 2 N–H and O–H groups in total. The summed E-state index contributed by atoms with van der Waals surface area (Å²) in [6.45, 7) is 7.11. The molecule has 1 fully saturated rings. The van der Waals surface area contributed by atoms with E-state index in [-0.39, 0.29) is 17.8 Å². The van der Waals surface area contributed by atoms with E-state index >= 15 is 0 Å². The van der Waals surface area contributed by atoms with Gasteiger partial charge >= 0.3 is 6.09 Å². The summed E-state index contributed by atoms with van der Waals surface area (Å²) in [5.41, 5.74) is 0.583. The lowest BCUT2D eigenvalue weighted by atomic mass is 9.87. The van der Waals surface area contributed by atoms with E-state index in [4.69, 9.17) is 4.74 Å². The maximum atomic E-state index is 13.1. The number of benzene rings is 1. The summed E-state index contributed by atoms with van der Waals surface area (Å²) < 4.78 is 18.4.